The lowest BCUT2D eigenvalue weighted by molar-refractivity contribution is 0.227. The van der Waals surface area contributed by atoms with Crippen molar-refractivity contribution >= 4 is 0 Å². The molecule has 13 heavy (non-hydrogen) atoms. The van der Waals surface area contributed by atoms with Gasteiger partial charge in [0, 0.05) is 6.04 Å². The molecule has 0 aliphatic heterocycles. The molecule has 0 aliphatic rings. The van der Waals surface area contributed by atoms with Crippen molar-refractivity contribution in [2.75, 3.05) is 19.7 Å². The summed E-state index contributed by atoms with van der Waals surface area (Å²) in [6.45, 7) is 8.27. The SMILES string of the molecule is CC[C@H](CO)NCC(CN)C(C)C. The van der Waals surface area contributed by atoms with Gasteiger partial charge in [-0.1, -0.05) is 20.8 Å². The monoisotopic (exact) mass is 188 g/mol. The molecule has 1 unspecified atom stereocenters. The highest BCUT2D eigenvalue weighted by Crippen LogP contribution is 2.07. The van der Waals surface area contributed by atoms with Gasteiger partial charge >= 0.3 is 0 Å². The second-order valence-corrected chi connectivity index (χ2v) is 3.94. The van der Waals surface area contributed by atoms with Crippen LogP contribution in [0.3, 0.4) is 0 Å². The first kappa shape index (κ1) is 12.9. The number of hydrogen-bond acceptors (Lipinski definition) is 3. The number of hydrogen-bond donors (Lipinski definition) is 3. The van der Waals surface area contributed by atoms with Crippen LogP contribution >= 0.6 is 0 Å². The third kappa shape index (κ3) is 5.24. The molecule has 0 saturated carbocycles. The normalized spacial score (nSPS) is 16.2. The Bertz CT molecular complexity index is 113. The lowest BCUT2D eigenvalue weighted by Gasteiger charge is -2.22. The Labute approximate surface area is 81.7 Å². The molecule has 0 aromatic carbocycles. The molecule has 0 bridgehead atoms. The van der Waals surface area contributed by atoms with E-state index in [1.54, 1.807) is 0 Å². The second-order valence-electron chi connectivity index (χ2n) is 3.94. The van der Waals surface area contributed by atoms with E-state index in [0.29, 0.717) is 18.4 Å². The maximum atomic E-state index is 8.96. The lowest BCUT2D eigenvalue weighted by atomic mass is 9.96. The molecule has 3 nitrogen and oxygen atoms in total. The first-order chi connectivity index (χ1) is 6.15. The van der Waals surface area contributed by atoms with Crippen LogP contribution in [-0.4, -0.2) is 30.8 Å². The van der Waals surface area contributed by atoms with E-state index in [9.17, 15) is 0 Å². The zero-order valence-corrected chi connectivity index (χ0v) is 9.09. The summed E-state index contributed by atoms with van der Waals surface area (Å²) in [6, 6.07) is 0.229. The van der Waals surface area contributed by atoms with Crippen molar-refractivity contribution in [2.24, 2.45) is 17.6 Å². The van der Waals surface area contributed by atoms with Crippen LogP contribution < -0.4 is 11.1 Å². The van der Waals surface area contributed by atoms with E-state index < -0.39 is 0 Å². The molecule has 80 valence electrons. The van der Waals surface area contributed by atoms with Gasteiger partial charge in [0.05, 0.1) is 6.61 Å². The van der Waals surface area contributed by atoms with Gasteiger partial charge in [-0.2, -0.15) is 0 Å². The predicted octanol–water partition coefficient (Wildman–Crippen LogP) is 0.578. The van der Waals surface area contributed by atoms with E-state index in [-0.39, 0.29) is 12.6 Å². The average Bonchev–Trinajstić information content (AvgIpc) is 2.12. The molecule has 3 heteroatoms. The molecule has 0 aromatic rings. The van der Waals surface area contributed by atoms with Gasteiger partial charge in [0.1, 0.15) is 0 Å². The fourth-order valence-electron chi connectivity index (χ4n) is 1.25. The Morgan fingerprint density at radius 3 is 2.31 bits per heavy atom. The molecule has 2 atom stereocenters. The molecule has 0 fully saturated rings. The summed E-state index contributed by atoms with van der Waals surface area (Å²) in [5.41, 5.74) is 5.64. The van der Waals surface area contributed by atoms with E-state index in [1.807, 2.05) is 0 Å². The van der Waals surface area contributed by atoms with Crippen molar-refractivity contribution in [3.8, 4) is 0 Å². The molecular formula is C10H24N2O. The van der Waals surface area contributed by atoms with Crippen molar-refractivity contribution in [3.05, 3.63) is 0 Å². The van der Waals surface area contributed by atoms with E-state index in [1.165, 1.54) is 0 Å². The highest BCUT2D eigenvalue weighted by atomic mass is 16.3. The van der Waals surface area contributed by atoms with Crippen LogP contribution in [0.4, 0.5) is 0 Å². The quantitative estimate of drug-likeness (QED) is 0.548. The summed E-state index contributed by atoms with van der Waals surface area (Å²) >= 11 is 0. The zero-order chi connectivity index (χ0) is 10.3. The van der Waals surface area contributed by atoms with Gasteiger partial charge < -0.3 is 16.2 Å². The van der Waals surface area contributed by atoms with Crippen LogP contribution in [-0.2, 0) is 0 Å². The van der Waals surface area contributed by atoms with Crippen LogP contribution in [0.5, 0.6) is 0 Å². The zero-order valence-electron chi connectivity index (χ0n) is 9.09. The Kier molecular flexibility index (Phi) is 7.23. The topological polar surface area (TPSA) is 58.3 Å². The maximum Gasteiger partial charge on any atom is 0.0584 e. The van der Waals surface area contributed by atoms with E-state index in [0.717, 1.165) is 13.0 Å². The fourth-order valence-corrected chi connectivity index (χ4v) is 1.25. The van der Waals surface area contributed by atoms with Crippen LogP contribution in [0.1, 0.15) is 27.2 Å². The Morgan fingerprint density at radius 1 is 1.38 bits per heavy atom. The van der Waals surface area contributed by atoms with Crippen molar-refractivity contribution in [1.82, 2.24) is 5.32 Å². The summed E-state index contributed by atoms with van der Waals surface area (Å²) in [6.07, 6.45) is 0.964. The Morgan fingerprint density at radius 2 is 2.00 bits per heavy atom. The van der Waals surface area contributed by atoms with Crippen LogP contribution in [0.2, 0.25) is 0 Å². The largest absolute Gasteiger partial charge is 0.395 e. The minimum absolute atomic E-state index is 0.214. The highest BCUT2D eigenvalue weighted by molar-refractivity contribution is 4.70. The van der Waals surface area contributed by atoms with Crippen LogP contribution in [0.15, 0.2) is 0 Å². The minimum Gasteiger partial charge on any atom is -0.395 e. The summed E-state index contributed by atoms with van der Waals surface area (Å²) in [5, 5.41) is 12.3. The van der Waals surface area contributed by atoms with Gasteiger partial charge in [-0.3, -0.25) is 0 Å². The van der Waals surface area contributed by atoms with Crippen molar-refractivity contribution < 1.29 is 5.11 Å². The molecule has 0 rings (SSSR count). The average molecular weight is 188 g/mol. The van der Waals surface area contributed by atoms with Crippen molar-refractivity contribution in [3.63, 3.8) is 0 Å². The van der Waals surface area contributed by atoms with Gasteiger partial charge in [-0.05, 0) is 31.3 Å². The van der Waals surface area contributed by atoms with Crippen molar-refractivity contribution in [2.45, 2.75) is 33.2 Å². The number of aliphatic hydroxyl groups is 1. The first-order valence-electron chi connectivity index (χ1n) is 5.19. The molecular weight excluding hydrogens is 164 g/mol. The molecule has 0 spiro atoms. The molecule has 4 N–H and O–H groups in total. The smallest absolute Gasteiger partial charge is 0.0584 e. The van der Waals surface area contributed by atoms with E-state index in [4.69, 9.17) is 10.8 Å². The molecule has 0 aliphatic carbocycles. The summed E-state index contributed by atoms with van der Waals surface area (Å²) in [4.78, 5) is 0. The number of rotatable bonds is 7. The third-order valence-electron chi connectivity index (χ3n) is 2.63. The summed E-state index contributed by atoms with van der Waals surface area (Å²) < 4.78 is 0. The number of nitrogens with one attached hydrogen (secondary N) is 1. The summed E-state index contributed by atoms with van der Waals surface area (Å²) in [5.74, 6) is 1.12. The predicted molar refractivity (Wildman–Crippen MR) is 56.5 cm³/mol. The van der Waals surface area contributed by atoms with Crippen LogP contribution in [0.25, 0.3) is 0 Å². The van der Waals surface area contributed by atoms with Gasteiger partial charge in [0.2, 0.25) is 0 Å². The highest BCUT2D eigenvalue weighted by Gasteiger charge is 2.12. The number of nitrogens with two attached hydrogens (primary N) is 1. The second kappa shape index (κ2) is 7.30. The van der Waals surface area contributed by atoms with Gasteiger partial charge in [0.25, 0.3) is 0 Å². The molecule has 0 aromatic heterocycles. The van der Waals surface area contributed by atoms with E-state index in [2.05, 4.69) is 26.1 Å². The van der Waals surface area contributed by atoms with Crippen molar-refractivity contribution in [1.29, 1.82) is 0 Å². The molecule has 0 amide bonds. The summed E-state index contributed by atoms with van der Waals surface area (Å²) in [7, 11) is 0. The molecule has 0 radical (unpaired) electrons. The van der Waals surface area contributed by atoms with Crippen LogP contribution in [0, 0.1) is 11.8 Å². The lowest BCUT2D eigenvalue weighted by Crippen LogP contribution is -2.39. The first-order valence-corrected chi connectivity index (χ1v) is 5.19. The number of aliphatic hydroxyl groups excluding tert-OH is 1. The molecule has 0 saturated heterocycles. The van der Waals surface area contributed by atoms with Gasteiger partial charge in [-0.25, -0.2) is 0 Å². The standard InChI is InChI=1S/C10H24N2O/c1-4-10(7-13)12-6-9(5-11)8(2)3/h8-10,12-13H,4-7,11H2,1-3H3/t9?,10-/m1/s1. The molecule has 0 heterocycles. The Hall–Kier alpha value is -0.120. The minimum atomic E-state index is 0.214. The Balaban J connectivity index is 3.69. The fraction of sp³-hybridized carbons (Fsp3) is 1.00. The van der Waals surface area contributed by atoms with Gasteiger partial charge in [-0.15, -0.1) is 0 Å². The van der Waals surface area contributed by atoms with Gasteiger partial charge in [0.15, 0.2) is 0 Å². The maximum absolute atomic E-state index is 8.96. The van der Waals surface area contributed by atoms with E-state index >= 15 is 0 Å². The third-order valence-corrected chi connectivity index (χ3v) is 2.63.